The molecule has 4 rings (SSSR count). The molecule has 6 atom stereocenters. The van der Waals surface area contributed by atoms with Crippen LogP contribution in [-0.4, -0.2) is 54.0 Å². The molecule has 11 nitrogen and oxygen atoms in total. The molecule has 0 unspecified atom stereocenters. The van der Waals surface area contributed by atoms with E-state index in [0.717, 1.165) is 32.1 Å². The number of nitrogens with one attached hydrogen (secondary N) is 2. The van der Waals surface area contributed by atoms with Crippen molar-refractivity contribution in [1.29, 1.82) is 0 Å². The van der Waals surface area contributed by atoms with Crippen molar-refractivity contribution in [2.75, 3.05) is 6.54 Å². The monoisotopic (exact) mass is 631 g/mol. The van der Waals surface area contributed by atoms with Gasteiger partial charge in [0, 0.05) is 18.9 Å². The number of nitro groups is 1. The molecule has 1 saturated heterocycles. The average molecular weight is 632 g/mol. The summed E-state index contributed by atoms with van der Waals surface area (Å²) in [6.07, 6.45) is 15.2. The zero-order valence-electron chi connectivity index (χ0n) is 28.5. The van der Waals surface area contributed by atoms with E-state index in [-0.39, 0.29) is 53.7 Å². The summed E-state index contributed by atoms with van der Waals surface area (Å²) in [5.74, 6) is -0.194. The zero-order chi connectivity index (χ0) is 33.2. The number of hydrazine groups is 1. The molecule has 45 heavy (non-hydrogen) atoms. The molecular formula is C33H58BN5O6. The maximum absolute atomic E-state index is 13.8. The number of nitrogens with two attached hydrogens (primary N) is 1. The van der Waals surface area contributed by atoms with Crippen LogP contribution in [0.4, 0.5) is 0 Å². The first-order valence-electron chi connectivity index (χ1n) is 17.3. The fraction of sp³-hybridized carbons (Fsp3) is 0.848. The van der Waals surface area contributed by atoms with Gasteiger partial charge in [-0.2, -0.15) is 0 Å². The predicted molar refractivity (Wildman–Crippen MR) is 178 cm³/mol. The van der Waals surface area contributed by atoms with Crippen molar-refractivity contribution in [2.24, 2.45) is 39.8 Å². The summed E-state index contributed by atoms with van der Waals surface area (Å²) in [4.78, 5) is 41.4. The summed E-state index contributed by atoms with van der Waals surface area (Å²) in [5, 5.41) is 13.1. The lowest BCUT2D eigenvalue weighted by Gasteiger charge is -2.64. The van der Waals surface area contributed by atoms with E-state index in [2.05, 4.69) is 51.9 Å². The van der Waals surface area contributed by atoms with E-state index in [1.54, 1.807) is 6.08 Å². The number of carbonyl (C=O) groups is 2. The lowest BCUT2D eigenvalue weighted by Crippen LogP contribution is -2.65. The second-order valence-electron chi connectivity index (χ2n) is 14.7. The van der Waals surface area contributed by atoms with Gasteiger partial charge in [-0.3, -0.25) is 9.59 Å². The van der Waals surface area contributed by atoms with Crippen LogP contribution >= 0.6 is 0 Å². The molecule has 1 amide bonds. The topological polar surface area (TPSA) is 158 Å². The van der Waals surface area contributed by atoms with Gasteiger partial charge in [-0.1, -0.05) is 78.2 Å². The third-order valence-corrected chi connectivity index (χ3v) is 10.4. The number of aliphatic imine (C=N–C) groups is 1. The number of hydrogen-bond acceptors (Lipinski definition) is 7. The first kappa shape index (κ1) is 37.0. The molecule has 3 saturated carbocycles. The number of ketones is 1. The number of carbonyl (C=O) groups excluding carboxylic acids is 2. The molecule has 4 N–H and O–H groups in total. The Morgan fingerprint density at radius 3 is 2.51 bits per heavy atom. The minimum absolute atomic E-state index is 0.0103. The average Bonchev–Trinajstić information content (AvgIpc) is 3.32. The summed E-state index contributed by atoms with van der Waals surface area (Å²) in [5.41, 5.74) is 7.21. The van der Waals surface area contributed by atoms with Crippen LogP contribution in [0.5, 0.6) is 0 Å². The minimum atomic E-state index is -0.770. The van der Waals surface area contributed by atoms with Crippen LogP contribution in [0.1, 0.15) is 125 Å². The molecule has 0 radical (unpaired) electrons. The van der Waals surface area contributed by atoms with Crippen molar-refractivity contribution < 1.29 is 23.9 Å². The number of rotatable bonds is 20. The first-order chi connectivity index (χ1) is 21.3. The van der Waals surface area contributed by atoms with E-state index >= 15 is 0 Å². The highest BCUT2D eigenvalue weighted by Crippen LogP contribution is 2.65. The Labute approximate surface area is 270 Å². The molecule has 4 aliphatic rings. The Kier molecular flexibility index (Phi) is 13.9. The molecule has 0 spiro atoms. The Balaban J connectivity index is 1.64. The van der Waals surface area contributed by atoms with E-state index in [9.17, 15) is 19.7 Å². The second-order valence-corrected chi connectivity index (χ2v) is 14.7. The Morgan fingerprint density at radius 1 is 1.13 bits per heavy atom. The maximum Gasteiger partial charge on any atom is 0.481 e. The highest BCUT2D eigenvalue weighted by Gasteiger charge is 2.68. The Morgan fingerprint density at radius 2 is 1.84 bits per heavy atom. The maximum atomic E-state index is 13.8. The van der Waals surface area contributed by atoms with Gasteiger partial charge in [-0.05, 0) is 81.1 Å². The van der Waals surface area contributed by atoms with E-state index in [0.29, 0.717) is 37.0 Å². The van der Waals surface area contributed by atoms with Gasteiger partial charge in [-0.15, -0.1) is 0 Å². The second kappa shape index (κ2) is 16.9. The molecule has 1 heterocycles. The smallest absolute Gasteiger partial charge is 0.404 e. The van der Waals surface area contributed by atoms with Crippen LogP contribution in [0, 0.1) is 39.2 Å². The Hall–Kier alpha value is -2.47. The third-order valence-electron chi connectivity index (χ3n) is 10.4. The highest BCUT2D eigenvalue weighted by molar-refractivity contribution is 6.47. The minimum Gasteiger partial charge on any atom is -0.404 e. The molecular weight excluding hydrogens is 573 g/mol. The highest BCUT2D eigenvalue weighted by atomic mass is 16.7. The van der Waals surface area contributed by atoms with E-state index in [1.165, 1.54) is 25.7 Å². The number of allylic oxidation sites excluding steroid dienone is 2. The van der Waals surface area contributed by atoms with Gasteiger partial charge < -0.3 is 20.4 Å². The van der Waals surface area contributed by atoms with Crippen molar-refractivity contribution in [3.05, 3.63) is 22.3 Å². The van der Waals surface area contributed by atoms with Gasteiger partial charge in [0.05, 0.1) is 17.6 Å². The van der Waals surface area contributed by atoms with Crippen LogP contribution in [0.3, 0.4) is 0 Å². The fourth-order valence-corrected chi connectivity index (χ4v) is 7.68. The SMILES string of the molecule is CCCCCCCC/C=C/C(=O)C[C@@H](CCCN=C(N)N[N+](=O)[O-])C(=O)N[C@@H](CC(C)C)B1O[C@@H]2C[C@H]3C[C@H](C3(C)C)[C@]2(C)O1. The number of amides is 1. The largest absolute Gasteiger partial charge is 0.481 e. The molecule has 0 aromatic heterocycles. The lowest BCUT2D eigenvalue weighted by molar-refractivity contribution is -0.525. The van der Waals surface area contributed by atoms with Crippen molar-refractivity contribution in [3.8, 4) is 0 Å². The molecule has 1 aliphatic heterocycles. The van der Waals surface area contributed by atoms with Crippen molar-refractivity contribution >= 4 is 24.8 Å². The van der Waals surface area contributed by atoms with Crippen molar-refractivity contribution in [2.45, 2.75) is 143 Å². The van der Waals surface area contributed by atoms with Crippen LogP contribution in [0.2, 0.25) is 0 Å². The summed E-state index contributed by atoms with van der Waals surface area (Å²) < 4.78 is 13.3. The molecule has 12 heteroatoms. The quantitative estimate of drug-likeness (QED) is 0.0300. The molecule has 254 valence electrons. The molecule has 2 bridgehead atoms. The van der Waals surface area contributed by atoms with Gasteiger partial charge in [0.1, 0.15) is 0 Å². The zero-order valence-corrected chi connectivity index (χ0v) is 28.5. The summed E-state index contributed by atoms with van der Waals surface area (Å²) in [6.45, 7) is 13.4. The number of guanidine groups is 1. The van der Waals surface area contributed by atoms with E-state index < -0.39 is 18.1 Å². The normalized spacial score (nSPS) is 26.8. The predicted octanol–water partition coefficient (Wildman–Crippen LogP) is 5.54. The first-order valence-corrected chi connectivity index (χ1v) is 17.3. The molecule has 4 fully saturated rings. The van der Waals surface area contributed by atoms with Crippen molar-refractivity contribution in [1.82, 2.24) is 10.7 Å². The third kappa shape index (κ3) is 10.3. The van der Waals surface area contributed by atoms with Gasteiger partial charge in [-0.25, -0.2) is 15.1 Å². The van der Waals surface area contributed by atoms with Crippen LogP contribution in [-0.2, 0) is 18.9 Å². The van der Waals surface area contributed by atoms with E-state index in [1.807, 2.05) is 11.5 Å². The van der Waals surface area contributed by atoms with Crippen molar-refractivity contribution in [3.63, 3.8) is 0 Å². The fourth-order valence-electron chi connectivity index (χ4n) is 7.68. The lowest BCUT2D eigenvalue weighted by atomic mass is 9.43. The van der Waals surface area contributed by atoms with Crippen LogP contribution in [0.25, 0.3) is 0 Å². The molecule has 0 aromatic rings. The standard InChI is InChI=1S/C33H58BN5O6/c1-7-8-9-10-11-12-13-14-17-26(40)20-24(16-15-18-36-31(35)38-39(42)43)30(41)37-29(19-23(2)3)34-44-28-22-25-21-27(32(25,4)5)33(28,6)45-34/h14,17,23-25,27-29H,7-13,15-16,18-22H2,1-6H3,(H,37,41)(H3,35,36,38)/b17-14+/t24-,25-,27-,28-,29+,33+/m1/s1. The molecule has 0 aromatic carbocycles. The number of hydrogen-bond donors (Lipinski definition) is 3. The van der Waals surface area contributed by atoms with Crippen LogP contribution in [0.15, 0.2) is 17.1 Å². The Bertz CT molecular complexity index is 1070. The summed E-state index contributed by atoms with van der Waals surface area (Å²) >= 11 is 0. The van der Waals surface area contributed by atoms with E-state index in [4.69, 9.17) is 15.0 Å². The van der Waals surface area contributed by atoms with Gasteiger partial charge in [0.25, 0.3) is 5.96 Å². The molecule has 3 aliphatic carbocycles. The van der Waals surface area contributed by atoms with Gasteiger partial charge in [0.2, 0.25) is 5.91 Å². The van der Waals surface area contributed by atoms with Crippen LogP contribution < -0.4 is 16.5 Å². The van der Waals surface area contributed by atoms with Gasteiger partial charge in [0.15, 0.2) is 10.8 Å². The van der Waals surface area contributed by atoms with Gasteiger partial charge >= 0.3 is 7.12 Å². The summed E-state index contributed by atoms with van der Waals surface area (Å²) in [7, 11) is -0.548. The summed E-state index contributed by atoms with van der Waals surface area (Å²) in [6, 6.07) is 0. The number of nitrogens with zero attached hydrogens (tertiary/aromatic N) is 2. The number of unbranched alkanes of at least 4 members (excludes halogenated alkanes) is 6.